The number of anilines is 2. The zero-order valence-electron chi connectivity index (χ0n) is 23.0. The number of hydrogen-bond donors (Lipinski definition) is 4. The van der Waals surface area contributed by atoms with Crippen LogP contribution in [0.25, 0.3) is 0 Å². The molecule has 0 saturated carbocycles. The highest BCUT2D eigenvalue weighted by Crippen LogP contribution is 2.40. The second kappa shape index (κ2) is 12.7. The van der Waals surface area contributed by atoms with Gasteiger partial charge in [-0.15, -0.1) is 0 Å². The van der Waals surface area contributed by atoms with Crippen LogP contribution in [0, 0.1) is 5.92 Å². The predicted molar refractivity (Wildman–Crippen MR) is 155 cm³/mol. The van der Waals surface area contributed by atoms with E-state index in [0.717, 1.165) is 30.6 Å². The second-order valence-corrected chi connectivity index (χ2v) is 10.6. The third-order valence-electron chi connectivity index (χ3n) is 7.25. The number of nitrogens with zero attached hydrogens (tertiary/aromatic N) is 3. The summed E-state index contributed by atoms with van der Waals surface area (Å²) < 4.78 is 5.52. The summed E-state index contributed by atoms with van der Waals surface area (Å²) in [7, 11) is 4.02. The fourth-order valence-electron chi connectivity index (χ4n) is 5.08. The standard InChI is InChI=1S/C27H37N7O4.H2S/c1-6-22(35)28-19-9-7-18(8-10-19)25(36)30-24-20-15-34(27(2,3)23(20)31-32-24)26(37)29-21(16-33(4)5)17-11-13-38-14-12-17;/h6-10,17,21H,1,11-16H2,2-5H3,(H,28,35)(H,29,37)(H2,30,31,32,36);1H2/t21-;/m1./s1. The van der Waals surface area contributed by atoms with Crippen molar-refractivity contribution in [2.45, 2.75) is 44.8 Å². The van der Waals surface area contributed by atoms with E-state index in [9.17, 15) is 14.4 Å². The van der Waals surface area contributed by atoms with Gasteiger partial charge in [-0.2, -0.15) is 18.6 Å². The van der Waals surface area contributed by atoms with Gasteiger partial charge in [0, 0.05) is 42.6 Å². The van der Waals surface area contributed by atoms with Crippen molar-refractivity contribution >= 4 is 42.8 Å². The number of rotatable bonds is 8. The third-order valence-corrected chi connectivity index (χ3v) is 7.25. The van der Waals surface area contributed by atoms with Crippen LogP contribution in [-0.2, 0) is 21.6 Å². The minimum Gasteiger partial charge on any atom is -0.381 e. The van der Waals surface area contributed by atoms with Crippen LogP contribution in [0.4, 0.5) is 16.3 Å². The van der Waals surface area contributed by atoms with Gasteiger partial charge in [0.1, 0.15) is 0 Å². The van der Waals surface area contributed by atoms with E-state index in [4.69, 9.17) is 4.74 Å². The molecule has 0 aliphatic carbocycles. The first-order valence-corrected chi connectivity index (χ1v) is 12.8. The Bertz CT molecular complexity index is 1190. The lowest BCUT2D eigenvalue weighted by atomic mass is 9.91. The molecule has 39 heavy (non-hydrogen) atoms. The first-order valence-electron chi connectivity index (χ1n) is 12.8. The molecule has 2 aromatic rings. The number of aromatic nitrogens is 2. The Labute approximate surface area is 236 Å². The van der Waals surface area contributed by atoms with E-state index in [1.165, 1.54) is 6.08 Å². The van der Waals surface area contributed by atoms with Gasteiger partial charge in [-0.05, 0) is 77.0 Å². The number of hydrogen-bond acceptors (Lipinski definition) is 6. The van der Waals surface area contributed by atoms with Crippen molar-refractivity contribution in [1.29, 1.82) is 0 Å². The number of benzene rings is 1. The molecule has 11 nitrogen and oxygen atoms in total. The molecule has 1 aromatic carbocycles. The average Bonchev–Trinajstić information content (AvgIpc) is 3.41. The lowest BCUT2D eigenvalue weighted by Gasteiger charge is -2.37. The molecular weight excluding hydrogens is 518 g/mol. The van der Waals surface area contributed by atoms with E-state index < -0.39 is 5.54 Å². The Morgan fingerprint density at radius 2 is 1.87 bits per heavy atom. The highest BCUT2D eigenvalue weighted by molar-refractivity contribution is 7.59. The summed E-state index contributed by atoms with van der Waals surface area (Å²) in [5.74, 6) is 0.0803. The first kappa shape index (κ1) is 30.2. The molecule has 212 valence electrons. The zero-order valence-corrected chi connectivity index (χ0v) is 24.0. The van der Waals surface area contributed by atoms with Crippen molar-refractivity contribution in [3.05, 3.63) is 53.7 Å². The molecule has 4 amide bonds. The molecule has 4 rings (SSSR count). The SMILES string of the molecule is C=CC(=O)Nc1ccc(C(=O)Nc2n[nH]c3c2CN(C(=O)N[C@H](CN(C)C)C2CCOCC2)C3(C)C)cc1.S. The number of urea groups is 1. The average molecular weight is 558 g/mol. The van der Waals surface area contributed by atoms with Gasteiger partial charge >= 0.3 is 6.03 Å². The monoisotopic (exact) mass is 557 g/mol. The third kappa shape index (κ3) is 6.81. The van der Waals surface area contributed by atoms with Crippen LogP contribution in [0.1, 0.15) is 48.3 Å². The smallest absolute Gasteiger partial charge is 0.318 e. The number of aromatic amines is 1. The number of carbonyl (C=O) groups is 3. The van der Waals surface area contributed by atoms with Crippen molar-refractivity contribution in [2.24, 2.45) is 5.92 Å². The van der Waals surface area contributed by atoms with Crippen molar-refractivity contribution in [3.63, 3.8) is 0 Å². The minimum absolute atomic E-state index is 0. The van der Waals surface area contributed by atoms with Crippen molar-refractivity contribution in [1.82, 2.24) is 25.3 Å². The summed E-state index contributed by atoms with van der Waals surface area (Å²) in [5, 5.41) is 16.2. The number of amides is 4. The summed E-state index contributed by atoms with van der Waals surface area (Å²) >= 11 is 0. The van der Waals surface area contributed by atoms with E-state index >= 15 is 0 Å². The van der Waals surface area contributed by atoms with Gasteiger partial charge < -0.3 is 30.5 Å². The van der Waals surface area contributed by atoms with Gasteiger partial charge in [0.25, 0.3) is 5.91 Å². The molecule has 4 N–H and O–H groups in total. The lowest BCUT2D eigenvalue weighted by Crippen LogP contribution is -2.54. The molecular formula is C27H39N7O4S. The number of fused-ring (bicyclic) bond motifs is 1. The fraction of sp³-hybridized carbons (Fsp3) is 0.481. The molecule has 2 aliphatic heterocycles. The molecule has 0 radical (unpaired) electrons. The molecule has 1 saturated heterocycles. The Kier molecular flexibility index (Phi) is 9.81. The highest BCUT2D eigenvalue weighted by atomic mass is 32.1. The molecule has 12 heteroatoms. The van der Waals surface area contributed by atoms with Crippen LogP contribution in [-0.4, -0.2) is 77.7 Å². The number of ether oxygens (including phenoxy) is 1. The largest absolute Gasteiger partial charge is 0.381 e. The van der Waals surface area contributed by atoms with Crippen molar-refractivity contribution < 1.29 is 19.1 Å². The second-order valence-electron chi connectivity index (χ2n) is 10.6. The maximum absolute atomic E-state index is 13.6. The van der Waals surface area contributed by atoms with Crippen LogP contribution < -0.4 is 16.0 Å². The van der Waals surface area contributed by atoms with Crippen molar-refractivity contribution in [3.8, 4) is 0 Å². The van der Waals surface area contributed by atoms with Crippen LogP contribution >= 0.6 is 13.5 Å². The van der Waals surface area contributed by atoms with Crippen LogP contribution in [0.3, 0.4) is 0 Å². The summed E-state index contributed by atoms with van der Waals surface area (Å²) in [5.41, 5.74) is 1.90. The maximum atomic E-state index is 13.6. The zero-order chi connectivity index (χ0) is 27.4. The highest BCUT2D eigenvalue weighted by Gasteiger charge is 2.44. The van der Waals surface area contributed by atoms with Gasteiger partial charge in [-0.25, -0.2) is 4.79 Å². The molecule has 1 aromatic heterocycles. The molecule has 3 heterocycles. The van der Waals surface area contributed by atoms with Crippen LogP contribution in [0.2, 0.25) is 0 Å². The molecule has 1 atom stereocenters. The molecule has 0 unspecified atom stereocenters. The summed E-state index contributed by atoms with van der Waals surface area (Å²) in [4.78, 5) is 41.8. The number of likely N-dealkylation sites (N-methyl/N-ethyl adjacent to an activating group) is 1. The van der Waals surface area contributed by atoms with E-state index in [2.05, 4.69) is 37.6 Å². The van der Waals surface area contributed by atoms with Crippen LogP contribution in [0.15, 0.2) is 36.9 Å². The fourth-order valence-corrected chi connectivity index (χ4v) is 5.08. The number of nitrogens with one attached hydrogen (secondary N) is 4. The Morgan fingerprint density at radius 1 is 1.21 bits per heavy atom. The van der Waals surface area contributed by atoms with E-state index in [1.807, 2.05) is 27.9 Å². The summed E-state index contributed by atoms with van der Waals surface area (Å²) in [6, 6.07) is 6.38. The van der Waals surface area contributed by atoms with E-state index in [0.29, 0.717) is 42.7 Å². The normalized spacial score (nSPS) is 17.1. The topological polar surface area (TPSA) is 132 Å². The Hall–Kier alpha value is -3.35. The Morgan fingerprint density at radius 3 is 2.49 bits per heavy atom. The van der Waals surface area contributed by atoms with E-state index in [1.54, 1.807) is 29.2 Å². The quantitative estimate of drug-likeness (QED) is 0.369. The maximum Gasteiger partial charge on any atom is 0.318 e. The molecule has 0 spiro atoms. The summed E-state index contributed by atoms with van der Waals surface area (Å²) in [6.45, 7) is 9.84. The molecule has 1 fully saturated rings. The predicted octanol–water partition coefficient (Wildman–Crippen LogP) is 3.02. The van der Waals surface area contributed by atoms with Crippen molar-refractivity contribution in [2.75, 3.05) is 44.5 Å². The number of H-pyrrole nitrogens is 1. The molecule has 0 bridgehead atoms. The van der Waals surface area contributed by atoms with Gasteiger partial charge in [-0.1, -0.05) is 6.58 Å². The lowest BCUT2D eigenvalue weighted by molar-refractivity contribution is -0.111. The summed E-state index contributed by atoms with van der Waals surface area (Å²) in [6.07, 6.45) is 3.02. The van der Waals surface area contributed by atoms with Gasteiger partial charge in [0.15, 0.2) is 5.82 Å². The number of carbonyl (C=O) groups excluding carboxylic acids is 3. The van der Waals surface area contributed by atoms with E-state index in [-0.39, 0.29) is 37.4 Å². The molecule has 2 aliphatic rings. The minimum atomic E-state index is -0.640. The first-order chi connectivity index (χ1) is 18.1. The Balaban J connectivity index is 0.00000420. The van der Waals surface area contributed by atoms with Gasteiger partial charge in [0.05, 0.1) is 17.8 Å². The van der Waals surface area contributed by atoms with Gasteiger partial charge in [0.2, 0.25) is 5.91 Å². The van der Waals surface area contributed by atoms with Crippen LogP contribution in [0.5, 0.6) is 0 Å². The van der Waals surface area contributed by atoms with Gasteiger partial charge in [-0.3, -0.25) is 14.7 Å².